The lowest BCUT2D eigenvalue weighted by molar-refractivity contribution is -0.137. The lowest BCUT2D eigenvalue weighted by Crippen LogP contribution is -2.36. The van der Waals surface area contributed by atoms with Crippen LogP contribution in [0.25, 0.3) is 0 Å². The molecule has 2 aliphatic rings. The molecule has 1 aromatic carbocycles. The van der Waals surface area contributed by atoms with Crippen molar-refractivity contribution in [2.75, 3.05) is 32.7 Å². The van der Waals surface area contributed by atoms with E-state index in [2.05, 4.69) is 28.2 Å². The molecule has 2 unspecified atom stereocenters. The third-order valence-electron chi connectivity index (χ3n) is 6.44. The van der Waals surface area contributed by atoms with Crippen LogP contribution < -0.4 is 0 Å². The quantitative estimate of drug-likeness (QED) is 0.603. The number of benzene rings is 1. The van der Waals surface area contributed by atoms with E-state index in [0.29, 0.717) is 5.92 Å². The molecule has 2 aliphatic heterocycles. The Morgan fingerprint density at radius 1 is 1.03 bits per heavy atom. The average molecular weight is 423 g/mol. The van der Waals surface area contributed by atoms with Gasteiger partial charge in [-0.3, -0.25) is 4.90 Å². The number of hydrogen-bond donors (Lipinski definition) is 0. The van der Waals surface area contributed by atoms with Crippen molar-refractivity contribution < 1.29 is 13.2 Å². The van der Waals surface area contributed by atoms with Gasteiger partial charge in [-0.05, 0) is 67.4 Å². The highest BCUT2D eigenvalue weighted by molar-refractivity contribution is 7.10. The molecule has 6 heteroatoms. The van der Waals surface area contributed by atoms with Crippen molar-refractivity contribution in [3.8, 4) is 0 Å². The fraction of sp³-hybridized carbons (Fsp3) is 0.565. The number of piperidine rings is 1. The molecule has 0 saturated carbocycles. The summed E-state index contributed by atoms with van der Waals surface area (Å²) in [6.07, 6.45) is -0.523. The first-order valence-electron chi connectivity index (χ1n) is 10.5. The third kappa shape index (κ3) is 5.04. The molecule has 0 N–H and O–H groups in total. The van der Waals surface area contributed by atoms with Crippen LogP contribution >= 0.6 is 11.3 Å². The second-order valence-corrected chi connectivity index (χ2v) is 9.57. The van der Waals surface area contributed by atoms with Gasteiger partial charge >= 0.3 is 6.18 Å². The van der Waals surface area contributed by atoms with E-state index >= 15 is 0 Å². The highest BCUT2D eigenvalue weighted by Gasteiger charge is 2.37. The molecule has 2 saturated heterocycles. The van der Waals surface area contributed by atoms with Crippen molar-refractivity contribution in [2.24, 2.45) is 5.92 Å². The maximum Gasteiger partial charge on any atom is 0.416 e. The molecule has 3 heterocycles. The van der Waals surface area contributed by atoms with Crippen LogP contribution in [0.15, 0.2) is 35.7 Å². The van der Waals surface area contributed by atoms with Crippen LogP contribution in [0, 0.1) is 12.8 Å². The van der Waals surface area contributed by atoms with Crippen LogP contribution in [-0.4, -0.2) is 42.5 Å². The van der Waals surface area contributed by atoms with Gasteiger partial charge in [0.2, 0.25) is 0 Å². The summed E-state index contributed by atoms with van der Waals surface area (Å²) in [7, 11) is 0. The SMILES string of the molecule is Cc1ccsc1CN1CC(CN2CCCCC2)C(c2cccc(C(F)(F)F)c2)C1. The molecule has 2 atom stereocenters. The Kier molecular flexibility index (Phi) is 6.32. The second-order valence-electron chi connectivity index (χ2n) is 8.57. The lowest BCUT2D eigenvalue weighted by Gasteiger charge is -2.31. The molecule has 158 valence electrons. The highest BCUT2D eigenvalue weighted by Crippen LogP contribution is 2.38. The summed E-state index contributed by atoms with van der Waals surface area (Å²) >= 11 is 1.78. The van der Waals surface area contributed by atoms with Crippen LogP contribution in [0.3, 0.4) is 0 Å². The molecule has 0 amide bonds. The summed E-state index contributed by atoms with van der Waals surface area (Å²) in [5, 5.41) is 2.12. The highest BCUT2D eigenvalue weighted by atomic mass is 32.1. The van der Waals surface area contributed by atoms with Crippen molar-refractivity contribution in [1.82, 2.24) is 9.80 Å². The third-order valence-corrected chi connectivity index (χ3v) is 7.44. The van der Waals surface area contributed by atoms with Crippen LogP contribution in [0.2, 0.25) is 0 Å². The van der Waals surface area contributed by atoms with Gasteiger partial charge in [0.15, 0.2) is 0 Å². The first kappa shape index (κ1) is 20.9. The molecular weight excluding hydrogens is 393 g/mol. The van der Waals surface area contributed by atoms with Gasteiger partial charge in [-0.1, -0.05) is 24.6 Å². The van der Waals surface area contributed by atoms with E-state index in [0.717, 1.165) is 44.8 Å². The minimum absolute atomic E-state index is 0.152. The summed E-state index contributed by atoms with van der Waals surface area (Å²) in [6, 6.07) is 8.18. The zero-order valence-corrected chi connectivity index (χ0v) is 17.7. The molecule has 29 heavy (non-hydrogen) atoms. The Hall–Kier alpha value is -1.37. The Morgan fingerprint density at radius 3 is 2.52 bits per heavy atom. The molecule has 2 fully saturated rings. The van der Waals surface area contributed by atoms with E-state index in [-0.39, 0.29) is 5.92 Å². The van der Waals surface area contributed by atoms with Gasteiger partial charge in [0.1, 0.15) is 0 Å². The van der Waals surface area contributed by atoms with Crippen molar-refractivity contribution in [2.45, 2.75) is 44.8 Å². The first-order valence-corrected chi connectivity index (χ1v) is 11.4. The Morgan fingerprint density at radius 2 is 1.83 bits per heavy atom. The van der Waals surface area contributed by atoms with Gasteiger partial charge < -0.3 is 4.90 Å². The minimum atomic E-state index is -4.29. The van der Waals surface area contributed by atoms with Gasteiger partial charge in [-0.2, -0.15) is 13.2 Å². The van der Waals surface area contributed by atoms with E-state index in [9.17, 15) is 13.2 Å². The molecule has 4 rings (SSSR count). The molecule has 0 bridgehead atoms. The number of likely N-dealkylation sites (tertiary alicyclic amines) is 2. The van der Waals surface area contributed by atoms with E-state index in [1.54, 1.807) is 17.4 Å². The lowest BCUT2D eigenvalue weighted by atomic mass is 9.87. The standard InChI is InChI=1S/C23H29F3N2S/c1-17-8-11-29-22(17)16-28-14-19(13-27-9-3-2-4-10-27)21(15-28)18-6-5-7-20(12-18)23(24,25)26/h5-8,11-12,19,21H,2-4,9-10,13-16H2,1H3. The van der Waals surface area contributed by atoms with Gasteiger partial charge in [-0.25, -0.2) is 0 Å². The zero-order valence-electron chi connectivity index (χ0n) is 16.9. The fourth-order valence-electron chi connectivity index (χ4n) is 4.84. The minimum Gasteiger partial charge on any atom is -0.303 e. The molecular formula is C23H29F3N2S. The summed E-state index contributed by atoms with van der Waals surface area (Å²) in [6.45, 7) is 8.05. The first-order chi connectivity index (χ1) is 13.9. The van der Waals surface area contributed by atoms with Gasteiger partial charge in [-0.15, -0.1) is 11.3 Å². The molecule has 1 aromatic heterocycles. The predicted molar refractivity (Wildman–Crippen MR) is 112 cm³/mol. The number of nitrogens with zero attached hydrogens (tertiary/aromatic N) is 2. The molecule has 0 spiro atoms. The normalized spacial score (nSPS) is 24.3. The number of hydrogen-bond acceptors (Lipinski definition) is 3. The average Bonchev–Trinajstić information content (AvgIpc) is 3.28. The Balaban J connectivity index is 1.55. The maximum atomic E-state index is 13.3. The van der Waals surface area contributed by atoms with Gasteiger partial charge in [0.05, 0.1) is 5.56 Å². The topological polar surface area (TPSA) is 6.48 Å². The van der Waals surface area contributed by atoms with Crippen molar-refractivity contribution in [1.29, 1.82) is 0 Å². The smallest absolute Gasteiger partial charge is 0.303 e. The zero-order chi connectivity index (χ0) is 20.4. The Labute approximate surface area is 175 Å². The summed E-state index contributed by atoms with van der Waals surface area (Å²) < 4.78 is 39.8. The number of rotatable bonds is 5. The van der Waals surface area contributed by atoms with Gasteiger partial charge in [0, 0.05) is 37.0 Å². The monoisotopic (exact) mass is 422 g/mol. The van der Waals surface area contributed by atoms with Crippen molar-refractivity contribution in [3.63, 3.8) is 0 Å². The fourth-order valence-corrected chi connectivity index (χ4v) is 5.79. The van der Waals surface area contributed by atoms with E-state index in [4.69, 9.17) is 0 Å². The Bertz CT molecular complexity index is 810. The van der Waals surface area contributed by atoms with E-state index < -0.39 is 11.7 Å². The molecule has 2 nitrogen and oxygen atoms in total. The maximum absolute atomic E-state index is 13.3. The molecule has 0 aliphatic carbocycles. The predicted octanol–water partition coefficient (Wildman–Crippen LogP) is 5.78. The van der Waals surface area contributed by atoms with Crippen LogP contribution in [0.1, 0.15) is 46.7 Å². The summed E-state index contributed by atoms with van der Waals surface area (Å²) in [5.74, 6) is 0.524. The van der Waals surface area contributed by atoms with Crippen molar-refractivity contribution >= 4 is 11.3 Å². The summed E-state index contributed by atoms with van der Waals surface area (Å²) in [4.78, 5) is 6.33. The van der Waals surface area contributed by atoms with Crippen LogP contribution in [0.4, 0.5) is 13.2 Å². The number of aryl methyl sites for hydroxylation is 1. The number of halogens is 3. The summed E-state index contributed by atoms with van der Waals surface area (Å²) in [5.41, 5.74) is 1.62. The molecule has 0 radical (unpaired) electrons. The van der Waals surface area contributed by atoms with Crippen LogP contribution in [-0.2, 0) is 12.7 Å². The molecule has 2 aromatic rings. The number of alkyl halides is 3. The largest absolute Gasteiger partial charge is 0.416 e. The number of thiophene rings is 1. The van der Waals surface area contributed by atoms with E-state index in [1.807, 2.05) is 6.07 Å². The van der Waals surface area contributed by atoms with Gasteiger partial charge in [0.25, 0.3) is 0 Å². The van der Waals surface area contributed by atoms with Crippen LogP contribution in [0.5, 0.6) is 0 Å². The second kappa shape index (κ2) is 8.78. The van der Waals surface area contributed by atoms with E-state index in [1.165, 1.54) is 41.8 Å². The van der Waals surface area contributed by atoms with Crippen molar-refractivity contribution in [3.05, 3.63) is 57.3 Å².